The summed E-state index contributed by atoms with van der Waals surface area (Å²) in [7, 11) is 0. The van der Waals surface area contributed by atoms with Crippen LogP contribution in [0.2, 0.25) is 0 Å². The van der Waals surface area contributed by atoms with Crippen molar-refractivity contribution in [1.29, 1.82) is 0 Å². The third-order valence-electron chi connectivity index (χ3n) is 5.22. The number of nitrogens with zero attached hydrogens (tertiary/aromatic N) is 4. The van der Waals surface area contributed by atoms with Gasteiger partial charge < -0.3 is 4.57 Å². The average Bonchev–Trinajstić information content (AvgIpc) is 3.36. The van der Waals surface area contributed by atoms with Gasteiger partial charge >= 0.3 is 0 Å². The van der Waals surface area contributed by atoms with Crippen LogP contribution in [-0.4, -0.2) is 19.7 Å². The Hall–Kier alpha value is -1.92. The van der Waals surface area contributed by atoms with Gasteiger partial charge in [-0.1, -0.05) is 80.3 Å². The first-order valence-corrected chi connectivity index (χ1v) is 11.9. The first kappa shape index (κ1) is 19.4. The number of hydrogen-bond acceptors (Lipinski definition) is 5. The predicted octanol–water partition coefficient (Wildman–Crippen LogP) is 6.00. The van der Waals surface area contributed by atoms with E-state index in [1.54, 1.807) is 23.1 Å². The van der Waals surface area contributed by atoms with Gasteiger partial charge in [0.05, 0.1) is 5.69 Å². The van der Waals surface area contributed by atoms with Crippen LogP contribution in [-0.2, 0) is 18.7 Å². The van der Waals surface area contributed by atoms with Gasteiger partial charge in [0.2, 0.25) is 0 Å². The highest BCUT2D eigenvalue weighted by molar-refractivity contribution is 7.98. The summed E-state index contributed by atoms with van der Waals surface area (Å²) in [6.07, 6.45) is 9.72. The van der Waals surface area contributed by atoms with E-state index < -0.39 is 0 Å². The van der Waals surface area contributed by atoms with Crippen molar-refractivity contribution < 1.29 is 0 Å². The molecule has 28 heavy (non-hydrogen) atoms. The van der Waals surface area contributed by atoms with Crippen LogP contribution < -0.4 is 0 Å². The third-order valence-corrected chi connectivity index (χ3v) is 7.16. The molecule has 4 rings (SSSR count). The van der Waals surface area contributed by atoms with Gasteiger partial charge in [0, 0.05) is 29.7 Å². The van der Waals surface area contributed by atoms with Crippen LogP contribution in [0.1, 0.15) is 43.6 Å². The van der Waals surface area contributed by atoms with Crippen LogP contribution >= 0.6 is 23.1 Å². The molecule has 0 amide bonds. The van der Waals surface area contributed by atoms with E-state index in [1.165, 1.54) is 37.7 Å². The molecule has 1 aliphatic rings. The Balaban J connectivity index is 1.43. The standard InChI is InChI=1S/C22H26N4S2/c1-2-13-26-20(14-17-9-5-3-6-10-17)24-25-22(26)28-16-19-15-27-21(23-19)18-11-7-4-8-12-18/h2,4,7-8,11-12,15,17H,1,3,5-6,9-10,13-14,16H2. The topological polar surface area (TPSA) is 43.6 Å². The van der Waals surface area contributed by atoms with Crippen molar-refractivity contribution in [2.24, 2.45) is 5.92 Å². The highest BCUT2D eigenvalue weighted by Crippen LogP contribution is 2.30. The molecule has 0 unspecified atom stereocenters. The molecule has 1 aromatic carbocycles. The smallest absolute Gasteiger partial charge is 0.191 e. The Labute approximate surface area is 175 Å². The van der Waals surface area contributed by atoms with Gasteiger partial charge in [0.25, 0.3) is 0 Å². The normalized spacial score (nSPS) is 15.0. The number of thioether (sulfide) groups is 1. The summed E-state index contributed by atoms with van der Waals surface area (Å²) in [6.45, 7) is 4.69. The van der Waals surface area contributed by atoms with Crippen molar-refractivity contribution in [2.75, 3.05) is 0 Å². The number of thiazole rings is 1. The van der Waals surface area contributed by atoms with E-state index in [4.69, 9.17) is 4.98 Å². The summed E-state index contributed by atoms with van der Waals surface area (Å²) in [4.78, 5) is 4.79. The van der Waals surface area contributed by atoms with Gasteiger partial charge in [-0.25, -0.2) is 4.98 Å². The number of benzene rings is 1. The molecule has 4 nitrogen and oxygen atoms in total. The van der Waals surface area contributed by atoms with Gasteiger partial charge in [0.15, 0.2) is 5.16 Å². The zero-order chi connectivity index (χ0) is 19.2. The molecule has 0 N–H and O–H groups in total. The molecular weight excluding hydrogens is 384 g/mol. The van der Waals surface area contributed by atoms with Crippen molar-refractivity contribution in [2.45, 2.75) is 56.0 Å². The highest BCUT2D eigenvalue weighted by atomic mass is 32.2. The molecule has 1 fully saturated rings. The molecule has 0 bridgehead atoms. The Bertz CT molecular complexity index is 894. The first-order chi connectivity index (χ1) is 13.8. The summed E-state index contributed by atoms with van der Waals surface area (Å²) in [5, 5.41) is 13.2. The molecule has 0 aliphatic heterocycles. The number of aromatic nitrogens is 4. The van der Waals surface area contributed by atoms with Crippen molar-refractivity contribution in [3.05, 3.63) is 59.9 Å². The van der Waals surface area contributed by atoms with Crippen LogP contribution in [0, 0.1) is 5.92 Å². The minimum atomic E-state index is 0.756. The molecule has 0 spiro atoms. The number of hydrogen-bond donors (Lipinski definition) is 0. The van der Waals surface area contributed by atoms with Crippen LogP contribution in [0.4, 0.5) is 0 Å². The van der Waals surface area contributed by atoms with Crippen molar-refractivity contribution in [3.8, 4) is 10.6 Å². The zero-order valence-corrected chi connectivity index (χ0v) is 17.7. The maximum Gasteiger partial charge on any atom is 0.191 e. The third kappa shape index (κ3) is 4.73. The zero-order valence-electron chi connectivity index (χ0n) is 16.1. The van der Waals surface area contributed by atoms with Crippen molar-refractivity contribution in [3.63, 3.8) is 0 Å². The molecule has 6 heteroatoms. The summed E-state index contributed by atoms with van der Waals surface area (Å²) in [6, 6.07) is 10.3. The van der Waals surface area contributed by atoms with Gasteiger partial charge in [-0.2, -0.15) is 0 Å². The Morgan fingerprint density at radius 1 is 1.14 bits per heavy atom. The predicted molar refractivity (Wildman–Crippen MR) is 118 cm³/mol. The van der Waals surface area contributed by atoms with Gasteiger partial charge in [0.1, 0.15) is 10.8 Å². The second-order valence-electron chi connectivity index (χ2n) is 7.30. The summed E-state index contributed by atoms with van der Waals surface area (Å²) < 4.78 is 2.23. The fourth-order valence-corrected chi connectivity index (χ4v) is 5.55. The quantitative estimate of drug-likeness (QED) is 0.337. The van der Waals surface area contributed by atoms with Crippen molar-refractivity contribution in [1.82, 2.24) is 19.7 Å². The minimum absolute atomic E-state index is 0.756. The lowest BCUT2D eigenvalue weighted by molar-refractivity contribution is 0.347. The summed E-state index contributed by atoms with van der Waals surface area (Å²) in [5.41, 5.74) is 2.27. The monoisotopic (exact) mass is 410 g/mol. The van der Waals surface area contributed by atoms with Gasteiger partial charge in [-0.3, -0.25) is 0 Å². The molecule has 2 heterocycles. The van der Waals surface area contributed by atoms with E-state index >= 15 is 0 Å². The minimum Gasteiger partial charge on any atom is -0.302 e. The maximum atomic E-state index is 4.79. The molecule has 146 valence electrons. The number of allylic oxidation sites excluding steroid dienone is 1. The maximum absolute atomic E-state index is 4.79. The van der Waals surface area contributed by atoms with E-state index in [-0.39, 0.29) is 0 Å². The SMILES string of the molecule is C=CCn1c(CC2CCCCC2)nnc1SCc1csc(-c2ccccc2)n1. The number of rotatable bonds is 8. The van der Waals surface area contributed by atoms with Gasteiger partial charge in [-0.05, 0) is 5.92 Å². The molecule has 1 aliphatic carbocycles. The average molecular weight is 411 g/mol. The van der Waals surface area contributed by atoms with E-state index in [2.05, 4.69) is 51.0 Å². The Morgan fingerprint density at radius 2 is 1.96 bits per heavy atom. The Morgan fingerprint density at radius 3 is 2.75 bits per heavy atom. The molecule has 1 saturated carbocycles. The van der Waals surface area contributed by atoms with E-state index in [1.807, 2.05) is 12.1 Å². The van der Waals surface area contributed by atoms with Crippen LogP contribution in [0.3, 0.4) is 0 Å². The van der Waals surface area contributed by atoms with E-state index in [0.29, 0.717) is 0 Å². The molecule has 0 radical (unpaired) electrons. The van der Waals surface area contributed by atoms with Crippen LogP contribution in [0.25, 0.3) is 10.6 Å². The highest BCUT2D eigenvalue weighted by Gasteiger charge is 2.19. The fraction of sp³-hybridized carbons (Fsp3) is 0.409. The lowest BCUT2D eigenvalue weighted by Gasteiger charge is -2.21. The van der Waals surface area contributed by atoms with Crippen molar-refractivity contribution >= 4 is 23.1 Å². The summed E-state index contributed by atoms with van der Waals surface area (Å²) in [5.74, 6) is 2.67. The first-order valence-electron chi connectivity index (χ1n) is 9.99. The second kappa shape index (κ2) is 9.52. The molecular formula is C22H26N4S2. The van der Waals surface area contributed by atoms with E-state index in [0.717, 1.165) is 46.3 Å². The van der Waals surface area contributed by atoms with Crippen LogP contribution in [0.5, 0.6) is 0 Å². The summed E-state index contributed by atoms with van der Waals surface area (Å²) >= 11 is 3.41. The lowest BCUT2D eigenvalue weighted by Crippen LogP contribution is -2.13. The Kier molecular flexibility index (Phi) is 6.60. The van der Waals surface area contributed by atoms with Crippen LogP contribution in [0.15, 0.2) is 53.5 Å². The largest absolute Gasteiger partial charge is 0.302 e. The lowest BCUT2D eigenvalue weighted by atomic mass is 9.87. The molecule has 3 aromatic rings. The second-order valence-corrected chi connectivity index (χ2v) is 9.11. The van der Waals surface area contributed by atoms with Gasteiger partial charge in [-0.15, -0.1) is 28.1 Å². The fourth-order valence-electron chi connectivity index (χ4n) is 3.76. The van der Waals surface area contributed by atoms with E-state index in [9.17, 15) is 0 Å². The molecule has 2 aromatic heterocycles. The molecule has 0 atom stereocenters. The molecule has 0 saturated heterocycles.